The molecule has 1 amide bonds. The highest BCUT2D eigenvalue weighted by atomic mass is 35.5. The van der Waals surface area contributed by atoms with E-state index in [1.54, 1.807) is 13.0 Å². The maximum atomic E-state index is 13.3. The molecule has 0 aromatic heterocycles. The number of carbonyl (C=O) groups is 1. The van der Waals surface area contributed by atoms with Crippen LogP contribution in [0.3, 0.4) is 0 Å². The van der Waals surface area contributed by atoms with Gasteiger partial charge in [-0.25, -0.2) is 4.39 Å². The zero-order valence-corrected chi connectivity index (χ0v) is 12.4. The van der Waals surface area contributed by atoms with E-state index in [9.17, 15) is 9.18 Å². The van der Waals surface area contributed by atoms with Crippen LogP contribution in [-0.4, -0.2) is 36.5 Å². The summed E-state index contributed by atoms with van der Waals surface area (Å²) in [5, 5.41) is 2.80. The first-order valence-corrected chi connectivity index (χ1v) is 6.54. The van der Waals surface area contributed by atoms with E-state index in [1.807, 2.05) is 11.0 Å². The largest absolute Gasteiger partial charge is 0.351 e. The van der Waals surface area contributed by atoms with Crippen LogP contribution in [-0.2, 0) is 11.3 Å². The van der Waals surface area contributed by atoms with Crippen molar-refractivity contribution < 1.29 is 9.18 Å². The van der Waals surface area contributed by atoms with Crippen molar-refractivity contribution in [3.8, 4) is 0 Å². The quantitative estimate of drug-likeness (QED) is 0.879. The second-order valence-electron chi connectivity index (χ2n) is 5.14. The molecule has 1 heterocycles. The van der Waals surface area contributed by atoms with Crippen molar-refractivity contribution >= 4 is 18.3 Å². The van der Waals surface area contributed by atoms with Crippen molar-refractivity contribution in [2.75, 3.05) is 19.6 Å². The van der Waals surface area contributed by atoms with Crippen LogP contribution in [0.2, 0.25) is 0 Å². The lowest BCUT2D eigenvalue weighted by molar-refractivity contribution is -0.122. The topological polar surface area (TPSA) is 58.4 Å². The highest BCUT2D eigenvalue weighted by molar-refractivity contribution is 5.85. The van der Waals surface area contributed by atoms with Gasteiger partial charge in [-0.1, -0.05) is 12.1 Å². The number of carbonyl (C=O) groups excluding carboxylic acids is 1. The molecule has 0 radical (unpaired) electrons. The number of halogens is 2. The molecule has 0 saturated carbocycles. The van der Waals surface area contributed by atoms with Gasteiger partial charge >= 0.3 is 0 Å². The van der Waals surface area contributed by atoms with Gasteiger partial charge in [-0.2, -0.15) is 0 Å². The lowest BCUT2D eigenvalue weighted by atomic mass is 10.1. The Morgan fingerprint density at radius 2 is 2.30 bits per heavy atom. The zero-order valence-electron chi connectivity index (χ0n) is 11.6. The highest BCUT2D eigenvalue weighted by Crippen LogP contribution is 2.09. The predicted octanol–water partition coefficient (Wildman–Crippen LogP) is 1.21. The van der Waals surface area contributed by atoms with Crippen LogP contribution in [0.15, 0.2) is 18.2 Å². The smallest absolute Gasteiger partial charge is 0.234 e. The van der Waals surface area contributed by atoms with Gasteiger partial charge in [0, 0.05) is 25.7 Å². The third kappa shape index (κ3) is 4.74. The number of amides is 1. The van der Waals surface area contributed by atoms with Crippen LogP contribution in [0, 0.1) is 12.7 Å². The number of benzene rings is 1. The Balaban J connectivity index is 0.00000200. The number of nitrogens with zero attached hydrogens (tertiary/aromatic N) is 1. The highest BCUT2D eigenvalue weighted by Gasteiger charge is 2.20. The second-order valence-corrected chi connectivity index (χ2v) is 5.14. The van der Waals surface area contributed by atoms with Crippen LogP contribution in [0.1, 0.15) is 17.5 Å². The van der Waals surface area contributed by atoms with Gasteiger partial charge in [0.1, 0.15) is 5.82 Å². The van der Waals surface area contributed by atoms with Gasteiger partial charge in [0.15, 0.2) is 0 Å². The second kappa shape index (κ2) is 7.57. The van der Waals surface area contributed by atoms with Crippen LogP contribution < -0.4 is 11.1 Å². The SMILES string of the molecule is Cc1ccc(CNC(=O)CN2CC[C@@H](N)C2)cc1F.Cl. The monoisotopic (exact) mass is 301 g/mol. The molecular formula is C14H21ClFN3O. The Hall–Kier alpha value is -1.17. The van der Waals surface area contributed by atoms with Crippen molar-refractivity contribution in [1.29, 1.82) is 0 Å². The average molecular weight is 302 g/mol. The summed E-state index contributed by atoms with van der Waals surface area (Å²) >= 11 is 0. The molecule has 1 fully saturated rings. The van der Waals surface area contributed by atoms with E-state index in [0.717, 1.165) is 25.1 Å². The summed E-state index contributed by atoms with van der Waals surface area (Å²) in [6.45, 7) is 4.08. The van der Waals surface area contributed by atoms with Gasteiger partial charge < -0.3 is 11.1 Å². The van der Waals surface area contributed by atoms with Gasteiger partial charge in [0.05, 0.1) is 6.54 Å². The molecule has 1 saturated heterocycles. The molecule has 0 unspecified atom stereocenters. The fourth-order valence-electron chi connectivity index (χ4n) is 2.21. The molecule has 0 spiro atoms. The summed E-state index contributed by atoms with van der Waals surface area (Å²) in [5.74, 6) is -0.285. The molecule has 1 aromatic rings. The third-order valence-corrected chi connectivity index (χ3v) is 3.40. The first-order chi connectivity index (χ1) is 9.04. The van der Waals surface area contributed by atoms with E-state index >= 15 is 0 Å². The number of likely N-dealkylation sites (tertiary alicyclic amines) is 1. The Morgan fingerprint density at radius 3 is 2.90 bits per heavy atom. The minimum Gasteiger partial charge on any atom is -0.351 e. The van der Waals surface area contributed by atoms with Crippen molar-refractivity contribution in [2.45, 2.75) is 25.9 Å². The number of hydrogen-bond acceptors (Lipinski definition) is 3. The summed E-state index contributed by atoms with van der Waals surface area (Å²) in [5.41, 5.74) is 7.17. The fourth-order valence-corrected chi connectivity index (χ4v) is 2.21. The van der Waals surface area contributed by atoms with Gasteiger partial charge in [-0.3, -0.25) is 9.69 Å². The van der Waals surface area contributed by atoms with E-state index in [2.05, 4.69) is 5.32 Å². The van der Waals surface area contributed by atoms with E-state index in [1.165, 1.54) is 6.07 Å². The van der Waals surface area contributed by atoms with Crippen molar-refractivity contribution in [3.05, 3.63) is 35.1 Å². The molecule has 1 aromatic carbocycles. The van der Waals surface area contributed by atoms with E-state index < -0.39 is 0 Å². The molecule has 3 N–H and O–H groups in total. The van der Waals surface area contributed by atoms with E-state index in [0.29, 0.717) is 18.7 Å². The molecule has 0 bridgehead atoms. The number of hydrogen-bond donors (Lipinski definition) is 2. The molecule has 1 aliphatic heterocycles. The maximum absolute atomic E-state index is 13.3. The first kappa shape index (κ1) is 16.9. The molecule has 4 nitrogen and oxygen atoms in total. The normalized spacial score (nSPS) is 18.6. The molecule has 2 rings (SSSR count). The number of rotatable bonds is 4. The Labute approximate surface area is 124 Å². The molecule has 0 aliphatic carbocycles. The lowest BCUT2D eigenvalue weighted by Crippen LogP contribution is -2.37. The molecule has 6 heteroatoms. The van der Waals surface area contributed by atoms with Crippen LogP contribution in [0.5, 0.6) is 0 Å². The van der Waals surface area contributed by atoms with E-state index in [-0.39, 0.29) is 30.2 Å². The number of nitrogens with one attached hydrogen (secondary N) is 1. The third-order valence-electron chi connectivity index (χ3n) is 3.40. The summed E-state index contributed by atoms with van der Waals surface area (Å²) in [6.07, 6.45) is 0.941. The van der Waals surface area contributed by atoms with Crippen LogP contribution in [0.4, 0.5) is 4.39 Å². The van der Waals surface area contributed by atoms with Crippen molar-refractivity contribution in [3.63, 3.8) is 0 Å². The van der Waals surface area contributed by atoms with Crippen LogP contribution >= 0.6 is 12.4 Å². The van der Waals surface area contributed by atoms with Gasteiger partial charge in [0.2, 0.25) is 5.91 Å². The molecule has 112 valence electrons. The Kier molecular flexibility index (Phi) is 6.39. The number of aryl methyl sites for hydroxylation is 1. The van der Waals surface area contributed by atoms with Gasteiger partial charge in [0.25, 0.3) is 0 Å². The lowest BCUT2D eigenvalue weighted by Gasteiger charge is -2.14. The average Bonchev–Trinajstić information content (AvgIpc) is 2.76. The number of nitrogens with two attached hydrogens (primary N) is 1. The predicted molar refractivity (Wildman–Crippen MR) is 79.3 cm³/mol. The zero-order chi connectivity index (χ0) is 13.8. The summed E-state index contributed by atoms with van der Waals surface area (Å²) in [6, 6.07) is 5.18. The Morgan fingerprint density at radius 1 is 1.55 bits per heavy atom. The van der Waals surface area contributed by atoms with Crippen molar-refractivity contribution in [1.82, 2.24) is 10.2 Å². The summed E-state index contributed by atoms with van der Waals surface area (Å²) < 4.78 is 13.3. The van der Waals surface area contributed by atoms with Gasteiger partial charge in [-0.05, 0) is 30.5 Å². The fraction of sp³-hybridized carbons (Fsp3) is 0.500. The molecule has 20 heavy (non-hydrogen) atoms. The Bertz CT molecular complexity index is 470. The maximum Gasteiger partial charge on any atom is 0.234 e. The minimum atomic E-state index is -0.239. The molecule has 1 aliphatic rings. The minimum absolute atomic E-state index is 0. The standard InChI is InChI=1S/C14H20FN3O.ClH/c1-10-2-3-11(6-13(10)15)7-17-14(19)9-18-5-4-12(16)8-18;/h2-3,6,12H,4-5,7-9,16H2,1H3,(H,17,19);1H/t12-;/m1./s1. The summed E-state index contributed by atoms with van der Waals surface area (Å²) in [4.78, 5) is 13.8. The molecule has 1 atom stereocenters. The van der Waals surface area contributed by atoms with Gasteiger partial charge in [-0.15, -0.1) is 12.4 Å². The van der Waals surface area contributed by atoms with Crippen molar-refractivity contribution in [2.24, 2.45) is 5.73 Å². The van der Waals surface area contributed by atoms with E-state index in [4.69, 9.17) is 5.73 Å². The van der Waals surface area contributed by atoms with Crippen LogP contribution in [0.25, 0.3) is 0 Å². The first-order valence-electron chi connectivity index (χ1n) is 6.54. The molecular weight excluding hydrogens is 281 g/mol. The summed E-state index contributed by atoms with van der Waals surface area (Å²) in [7, 11) is 0.